The van der Waals surface area contributed by atoms with Gasteiger partial charge in [0.15, 0.2) is 17.2 Å². The van der Waals surface area contributed by atoms with Crippen molar-refractivity contribution < 1.29 is 40.3 Å². The fourth-order valence-corrected chi connectivity index (χ4v) is 3.70. The Kier molecular flexibility index (Phi) is 4.81. The fourth-order valence-electron chi connectivity index (χ4n) is 3.70. The summed E-state index contributed by atoms with van der Waals surface area (Å²) in [6.45, 7) is 2.27. The molecule has 1 fully saturated rings. The third kappa shape index (κ3) is 3.14. The van der Waals surface area contributed by atoms with E-state index in [0.717, 1.165) is 26.8 Å². The predicted molar refractivity (Wildman–Crippen MR) is 99.7 cm³/mol. The molecule has 0 saturated carbocycles. The molecule has 5 nitrogen and oxygen atoms in total. The Morgan fingerprint density at radius 2 is 1.59 bits per heavy atom. The van der Waals surface area contributed by atoms with Crippen molar-refractivity contribution in [3.8, 4) is 11.5 Å². The molecule has 11 heteroatoms. The normalized spacial score (nSPS) is 22.6. The van der Waals surface area contributed by atoms with E-state index in [1.807, 2.05) is 0 Å². The number of hydrogen-bond donors (Lipinski definition) is 1. The van der Waals surface area contributed by atoms with Gasteiger partial charge in [-0.25, -0.2) is 31.3 Å². The Morgan fingerprint density at radius 1 is 0.938 bits per heavy atom. The molecule has 4 rings (SSSR count). The number of amides is 1. The van der Waals surface area contributed by atoms with Gasteiger partial charge in [-0.2, -0.15) is 0 Å². The van der Waals surface area contributed by atoms with Crippen LogP contribution in [-0.2, 0) is 15.1 Å². The van der Waals surface area contributed by atoms with Gasteiger partial charge in [0.2, 0.25) is 11.8 Å². The zero-order chi connectivity index (χ0) is 23.6. The molecule has 32 heavy (non-hydrogen) atoms. The SMILES string of the molecule is CC1(C)OCC(=O)NC(C)(c2cc(-c3nc4cc(F)c(F)cc4o3)c(F)cc2F)C1(F)F. The quantitative estimate of drug-likeness (QED) is 0.559. The summed E-state index contributed by atoms with van der Waals surface area (Å²) in [6.07, 6.45) is 0. The number of ether oxygens (including phenoxy) is 1. The maximum Gasteiger partial charge on any atom is 0.302 e. The number of rotatable bonds is 2. The minimum Gasteiger partial charge on any atom is -0.436 e. The molecule has 0 radical (unpaired) electrons. The highest BCUT2D eigenvalue weighted by molar-refractivity contribution is 5.79. The van der Waals surface area contributed by atoms with Crippen molar-refractivity contribution in [2.75, 3.05) is 6.61 Å². The summed E-state index contributed by atoms with van der Waals surface area (Å²) in [5.41, 5.74) is -6.57. The zero-order valence-corrected chi connectivity index (χ0v) is 17.0. The Hall–Kier alpha value is -3.08. The van der Waals surface area contributed by atoms with Crippen molar-refractivity contribution in [3.05, 3.63) is 53.1 Å². The van der Waals surface area contributed by atoms with Crippen molar-refractivity contribution in [3.63, 3.8) is 0 Å². The monoisotopic (exact) mass is 458 g/mol. The first kappa shape index (κ1) is 22.1. The second-order valence-corrected chi connectivity index (χ2v) is 8.11. The van der Waals surface area contributed by atoms with Crippen molar-refractivity contribution in [2.45, 2.75) is 37.8 Å². The molecule has 2 heterocycles. The molecule has 170 valence electrons. The van der Waals surface area contributed by atoms with E-state index in [2.05, 4.69) is 10.3 Å². The van der Waals surface area contributed by atoms with Gasteiger partial charge in [-0.1, -0.05) is 0 Å². The third-order valence-electron chi connectivity index (χ3n) is 5.59. The lowest BCUT2D eigenvalue weighted by Crippen LogP contribution is -2.62. The zero-order valence-electron chi connectivity index (χ0n) is 17.0. The van der Waals surface area contributed by atoms with Crippen LogP contribution in [0.1, 0.15) is 26.3 Å². The van der Waals surface area contributed by atoms with Crippen molar-refractivity contribution in [1.82, 2.24) is 10.3 Å². The summed E-state index contributed by atoms with van der Waals surface area (Å²) in [4.78, 5) is 15.9. The van der Waals surface area contributed by atoms with Gasteiger partial charge in [0.1, 0.15) is 34.9 Å². The second-order valence-electron chi connectivity index (χ2n) is 8.11. The number of hydrogen-bond acceptors (Lipinski definition) is 4. The Morgan fingerprint density at radius 3 is 2.28 bits per heavy atom. The molecule has 1 aliphatic heterocycles. The first-order valence-corrected chi connectivity index (χ1v) is 9.35. The lowest BCUT2D eigenvalue weighted by atomic mass is 9.77. The summed E-state index contributed by atoms with van der Waals surface area (Å²) in [7, 11) is 0. The average Bonchev–Trinajstić information content (AvgIpc) is 3.06. The van der Waals surface area contributed by atoms with Crippen LogP contribution in [0.5, 0.6) is 0 Å². The van der Waals surface area contributed by atoms with Gasteiger partial charge in [-0.3, -0.25) is 4.79 Å². The number of benzene rings is 2. The highest BCUT2D eigenvalue weighted by atomic mass is 19.3. The number of aromatic nitrogens is 1. The van der Waals surface area contributed by atoms with Crippen LogP contribution >= 0.6 is 0 Å². The number of carbonyl (C=O) groups is 1. The van der Waals surface area contributed by atoms with E-state index in [4.69, 9.17) is 9.15 Å². The van der Waals surface area contributed by atoms with E-state index in [1.165, 1.54) is 0 Å². The topological polar surface area (TPSA) is 64.4 Å². The van der Waals surface area contributed by atoms with Crippen molar-refractivity contribution >= 4 is 17.0 Å². The van der Waals surface area contributed by atoms with Crippen LogP contribution in [0, 0.1) is 23.3 Å². The minimum atomic E-state index is -3.87. The van der Waals surface area contributed by atoms with Gasteiger partial charge in [0.05, 0.1) is 5.56 Å². The van der Waals surface area contributed by atoms with Crippen LogP contribution in [0.15, 0.2) is 28.7 Å². The molecule has 3 aromatic rings. The molecule has 1 N–H and O–H groups in total. The molecule has 1 aliphatic rings. The molecule has 1 atom stereocenters. The number of halogens is 6. The highest BCUT2D eigenvalue weighted by Gasteiger charge is 2.64. The van der Waals surface area contributed by atoms with Crippen LogP contribution < -0.4 is 5.32 Å². The van der Waals surface area contributed by atoms with Gasteiger partial charge < -0.3 is 14.5 Å². The molecule has 0 spiro atoms. The van der Waals surface area contributed by atoms with Crippen LogP contribution in [0.25, 0.3) is 22.6 Å². The maximum absolute atomic E-state index is 15.5. The van der Waals surface area contributed by atoms with Gasteiger partial charge in [-0.15, -0.1) is 0 Å². The maximum atomic E-state index is 15.5. The van der Waals surface area contributed by atoms with E-state index in [-0.39, 0.29) is 11.1 Å². The number of carbonyl (C=O) groups excluding carboxylic acids is 1. The first-order valence-electron chi connectivity index (χ1n) is 9.35. The van der Waals surface area contributed by atoms with E-state index in [9.17, 15) is 22.4 Å². The van der Waals surface area contributed by atoms with Crippen LogP contribution in [0.4, 0.5) is 26.3 Å². The summed E-state index contributed by atoms with van der Waals surface area (Å²) in [6, 6.07) is 2.45. The number of nitrogens with one attached hydrogen (secondary N) is 1. The van der Waals surface area contributed by atoms with Crippen molar-refractivity contribution in [1.29, 1.82) is 0 Å². The molecular weight excluding hydrogens is 442 g/mol. The number of alkyl halides is 2. The van der Waals surface area contributed by atoms with E-state index in [0.29, 0.717) is 18.2 Å². The molecular formula is C21H16F6N2O3. The van der Waals surface area contributed by atoms with Gasteiger partial charge in [0, 0.05) is 23.8 Å². The third-order valence-corrected chi connectivity index (χ3v) is 5.59. The van der Waals surface area contributed by atoms with Crippen molar-refractivity contribution in [2.24, 2.45) is 0 Å². The van der Waals surface area contributed by atoms with Crippen LogP contribution in [-0.4, -0.2) is 29.0 Å². The van der Waals surface area contributed by atoms with E-state index >= 15 is 8.78 Å². The molecule has 0 bridgehead atoms. The molecule has 1 aromatic heterocycles. The Balaban J connectivity index is 1.93. The molecule has 1 saturated heterocycles. The standard InChI is InChI=1S/C21H16F6N2O3/c1-19(2)21(26,27)20(3,29-17(30)8-31-19)10-4-9(11(22)5-12(10)23)18-28-15-6-13(24)14(25)7-16(15)32-18/h4-7H,8H2,1-3H3,(H,29,30). The number of fused-ring (bicyclic) bond motifs is 1. The van der Waals surface area contributed by atoms with Gasteiger partial charge >= 0.3 is 5.92 Å². The lowest BCUT2D eigenvalue weighted by molar-refractivity contribution is -0.216. The smallest absolute Gasteiger partial charge is 0.302 e. The number of nitrogens with zero attached hydrogens (tertiary/aromatic N) is 1. The molecule has 0 aliphatic carbocycles. The largest absolute Gasteiger partial charge is 0.436 e. The summed E-state index contributed by atoms with van der Waals surface area (Å²) < 4.78 is 97.6. The first-order chi connectivity index (χ1) is 14.8. The Bertz CT molecular complexity index is 1220. The van der Waals surface area contributed by atoms with Crippen LogP contribution in [0.3, 0.4) is 0 Å². The summed E-state index contributed by atoms with van der Waals surface area (Å²) >= 11 is 0. The molecule has 1 amide bonds. The van der Waals surface area contributed by atoms with E-state index in [1.54, 1.807) is 0 Å². The Labute approximate surface area is 177 Å². The fraction of sp³-hybridized carbons (Fsp3) is 0.333. The lowest BCUT2D eigenvalue weighted by Gasteiger charge is -2.43. The predicted octanol–water partition coefficient (Wildman–Crippen LogP) is 4.83. The summed E-state index contributed by atoms with van der Waals surface area (Å²) in [5, 5.41) is 2.07. The van der Waals surface area contributed by atoms with Gasteiger partial charge in [-0.05, 0) is 26.8 Å². The van der Waals surface area contributed by atoms with Crippen LogP contribution in [0.2, 0.25) is 0 Å². The second kappa shape index (κ2) is 6.96. The average molecular weight is 458 g/mol. The summed E-state index contributed by atoms with van der Waals surface area (Å²) in [5.74, 6) is -10.4. The minimum absolute atomic E-state index is 0.169. The van der Waals surface area contributed by atoms with Gasteiger partial charge in [0.25, 0.3) is 0 Å². The molecule has 1 unspecified atom stereocenters. The number of oxazole rings is 1. The molecule has 2 aromatic carbocycles. The highest BCUT2D eigenvalue weighted by Crippen LogP contribution is 2.49. The van der Waals surface area contributed by atoms with E-state index < -0.39 is 69.9 Å².